The fraction of sp³-hybridized carbons (Fsp3) is 0.429. The number of carbonyl (C=O) groups is 4. The second-order valence-electron chi connectivity index (χ2n) is 9.25. The molecule has 0 aromatic heterocycles. The molecule has 200 valence electrons. The maximum Gasteiger partial charge on any atom is 0.289 e. The topological polar surface area (TPSA) is 114 Å². The summed E-state index contributed by atoms with van der Waals surface area (Å²) in [6.07, 6.45) is 1.31. The lowest BCUT2D eigenvalue weighted by atomic mass is 10.0. The van der Waals surface area contributed by atoms with Gasteiger partial charge < -0.3 is 20.7 Å². The van der Waals surface area contributed by atoms with Gasteiger partial charge in [0.15, 0.2) is 0 Å². The van der Waals surface area contributed by atoms with Crippen molar-refractivity contribution in [2.75, 3.05) is 7.11 Å². The fourth-order valence-corrected chi connectivity index (χ4v) is 3.77. The Bertz CT molecular complexity index is 1070. The lowest BCUT2D eigenvalue weighted by molar-refractivity contribution is -0.140. The monoisotopic (exact) mass is 513 g/mol. The van der Waals surface area contributed by atoms with Crippen LogP contribution in [0.1, 0.15) is 51.2 Å². The molecule has 0 aliphatic carbocycles. The standard InChI is InChI=1S/C28H36FN3O5/c1-5-23(26(34)28(36)30-17-20-14-21(29)16-22(15-20)37-4)32-27(35)24(13-18(2)3)31-25(33)12-11-19-9-7-6-8-10-19/h6-10,14-16,18,23-24H,5,11-13,17H2,1-4H3,(H,30,36)(H,31,33)(H,32,35)/t23?,24-/m0/s1. The molecule has 3 N–H and O–H groups in total. The van der Waals surface area contributed by atoms with Crippen molar-refractivity contribution in [1.82, 2.24) is 16.0 Å². The molecule has 0 saturated heterocycles. The highest BCUT2D eigenvalue weighted by Crippen LogP contribution is 2.16. The third kappa shape index (κ3) is 10.0. The smallest absolute Gasteiger partial charge is 0.289 e. The Labute approximate surface area is 217 Å². The van der Waals surface area contributed by atoms with Gasteiger partial charge >= 0.3 is 0 Å². The van der Waals surface area contributed by atoms with Gasteiger partial charge in [0, 0.05) is 19.0 Å². The Kier molecular flexibility index (Phi) is 11.7. The largest absolute Gasteiger partial charge is 0.497 e. The summed E-state index contributed by atoms with van der Waals surface area (Å²) in [5, 5.41) is 7.84. The summed E-state index contributed by atoms with van der Waals surface area (Å²) in [6, 6.07) is 11.6. The molecule has 8 nitrogen and oxygen atoms in total. The van der Waals surface area contributed by atoms with Gasteiger partial charge in [0.2, 0.25) is 17.6 Å². The Morgan fingerprint density at radius 3 is 2.27 bits per heavy atom. The number of halogens is 1. The minimum atomic E-state index is -1.06. The van der Waals surface area contributed by atoms with Gasteiger partial charge in [0.25, 0.3) is 5.91 Å². The molecule has 9 heteroatoms. The average molecular weight is 514 g/mol. The molecule has 0 fully saturated rings. The van der Waals surface area contributed by atoms with Crippen molar-refractivity contribution in [3.8, 4) is 5.75 Å². The fourth-order valence-electron chi connectivity index (χ4n) is 3.77. The highest BCUT2D eigenvalue weighted by molar-refractivity contribution is 6.38. The van der Waals surface area contributed by atoms with Crippen LogP contribution in [0.5, 0.6) is 5.75 Å². The lowest BCUT2D eigenvalue weighted by Crippen LogP contribution is -2.54. The van der Waals surface area contributed by atoms with Gasteiger partial charge in [-0.1, -0.05) is 51.1 Å². The van der Waals surface area contributed by atoms with Crippen molar-refractivity contribution in [1.29, 1.82) is 0 Å². The van der Waals surface area contributed by atoms with Crippen LogP contribution >= 0.6 is 0 Å². The summed E-state index contributed by atoms with van der Waals surface area (Å²) in [4.78, 5) is 50.8. The van der Waals surface area contributed by atoms with Crippen LogP contribution in [0.2, 0.25) is 0 Å². The van der Waals surface area contributed by atoms with Gasteiger partial charge in [-0.3, -0.25) is 19.2 Å². The Balaban J connectivity index is 1.96. The predicted octanol–water partition coefficient (Wildman–Crippen LogP) is 3.08. The second kappa shape index (κ2) is 14.7. The number of aryl methyl sites for hydroxylation is 1. The van der Waals surface area contributed by atoms with Crippen LogP contribution in [0.3, 0.4) is 0 Å². The molecule has 3 amide bonds. The van der Waals surface area contributed by atoms with Gasteiger partial charge in [-0.2, -0.15) is 0 Å². The molecule has 0 heterocycles. The van der Waals surface area contributed by atoms with Gasteiger partial charge in [-0.25, -0.2) is 4.39 Å². The molecule has 1 unspecified atom stereocenters. The zero-order chi connectivity index (χ0) is 27.4. The highest BCUT2D eigenvalue weighted by atomic mass is 19.1. The summed E-state index contributed by atoms with van der Waals surface area (Å²) in [6.45, 7) is 5.43. The molecule has 0 bridgehead atoms. The first-order chi connectivity index (χ1) is 17.6. The van der Waals surface area contributed by atoms with Crippen molar-refractivity contribution < 1.29 is 28.3 Å². The van der Waals surface area contributed by atoms with Crippen LogP contribution in [0.4, 0.5) is 4.39 Å². The number of rotatable bonds is 14. The lowest BCUT2D eigenvalue weighted by Gasteiger charge is -2.23. The van der Waals surface area contributed by atoms with E-state index in [2.05, 4.69) is 16.0 Å². The number of Topliss-reactive ketones (excluding diaryl/α,β-unsaturated/α-hetero) is 1. The minimum absolute atomic E-state index is 0.0868. The minimum Gasteiger partial charge on any atom is -0.497 e. The first-order valence-corrected chi connectivity index (χ1v) is 12.4. The molecule has 0 spiro atoms. The van der Waals surface area contributed by atoms with E-state index in [1.165, 1.54) is 19.2 Å². The van der Waals surface area contributed by atoms with Gasteiger partial charge in [0.05, 0.1) is 13.2 Å². The van der Waals surface area contributed by atoms with E-state index in [0.29, 0.717) is 18.4 Å². The van der Waals surface area contributed by atoms with Gasteiger partial charge in [0.1, 0.15) is 17.6 Å². The van der Waals surface area contributed by atoms with Crippen molar-refractivity contribution in [3.63, 3.8) is 0 Å². The number of methoxy groups -OCH3 is 1. The molecular weight excluding hydrogens is 477 g/mol. The zero-order valence-corrected chi connectivity index (χ0v) is 21.8. The molecule has 0 radical (unpaired) electrons. The molecule has 2 atom stereocenters. The van der Waals surface area contributed by atoms with Crippen LogP contribution in [0.15, 0.2) is 48.5 Å². The number of amides is 3. The normalized spacial score (nSPS) is 12.4. The van der Waals surface area contributed by atoms with E-state index in [9.17, 15) is 23.6 Å². The van der Waals surface area contributed by atoms with Gasteiger partial charge in [-0.15, -0.1) is 0 Å². The van der Waals surface area contributed by atoms with Crippen LogP contribution in [0, 0.1) is 11.7 Å². The number of ketones is 1. The average Bonchev–Trinajstić information content (AvgIpc) is 2.88. The highest BCUT2D eigenvalue weighted by Gasteiger charge is 2.29. The van der Waals surface area contributed by atoms with E-state index in [1.54, 1.807) is 13.0 Å². The van der Waals surface area contributed by atoms with Gasteiger partial charge in [-0.05, 0) is 48.4 Å². The number of ether oxygens (including phenoxy) is 1. The maximum atomic E-state index is 13.7. The Morgan fingerprint density at radius 2 is 1.65 bits per heavy atom. The Morgan fingerprint density at radius 1 is 0.946 bits per heavy atom. The van der Waals surface area contributed by atoms with Crippen LogP contribution < -0.4 is 20.7 Å². The summed E-state index contributed by atoms with van der Waals surface area (Å²) in [5.41, 5.74) is 1.44. The quantitative estimate of drug-likeness (QED) is 0.336. The van der Waals surface area contributed by atoms with Crippen molar-refractivity contribution in [2.24, 2.45) is 5.92 Å². The first kappa shape index (κ1) is 29.5. The van der Waals surface area contributed by atoms with E-state index < -0.39 is 35.5 Å². The third-order valence-corrected chi connectivity index (χ3v) is 5.73. The molecule has 0 aliphatic heterocycles. The number of benzene rings is 2. The molecular formula is C28H36FN3O5. The molecule has 0 aliphatic rings. The third-order valence-electron chi connectivity index (χ3n) is 5.73. The van der Waals surface area contributed by atoms with Crippen LogP contribution in [0.25, 0.3) is 0 Å². The number of carbonyl (C=O) groups excluding carboxylic acids is 4. The van der Waals surface area contributed by atoms with Crippen molar-refractivity contribution in [2.45, 2.75) is 65.1 Å². The van der Waals surface area contributed by atoms with E-state index in [4.69, 9.17) is 4.74 Å². The summed E-state index contributed by atoms with van der Waals surface area (Å²) in [7, 11) is 1.40. The molecule has 2 rings (SSSR count). The first-order valence-electron chi connectivity index (χ1n) is 12.4. The summed E-state index contributed by atoms with van der Waals surface area (Å²) < 4.78 is 18.7. The maximum absolute atomic E-state index is 13.7. The zero-order valence-electron chi connectivity index (χ0n) is 21.8. The van der Waals surface area contributed by atoms with Crippen molar-refractivity contribution >= 4 is 23.5 Å². The van der Waals surface area contributed by atoms with Crippen LogP contribution in [-0.4, -0.2) is 42.7 Å². The van der Waals surface area contributed by atoms with Crippen molar-refractivity contribution in [3.05, 3.63) is 65.5 Å². The molecule has 2 aromatic rings. The number of hydrogen-bond acceptors (Lipinski definition) is 5. The summed E-state index contributed by atoms with van der Waals surface area (Å²) in [5.74, 6) is -2.66. The van der Waals surface area contributed by atoms with E-state index in [-0.39, 0.29) is 37.0 Å². The molecule has 2 aromatic carbocycles. The second-order valence-corrected chi connectivity index (χ2v) is 9.25. The van der Waals surface area contributed by atoms with E-state index >= 15 is 0 Å². The SMILES string of the molecule is CCC(NC(=O)[C@H](CC(C)C)NC(=O)CCc1ccccc1)C(=O)C(=O)NCc1cc(F)cc(OC)c1. The number of nitrogens with one attached hydrogen (secondary N) is 3. The molecule has 37 heavy (non-hydrogen) atoms. The van der Waals surface area contributed by atoms with E-state index in [1.807, 2.05) is 44.2 Å². The summed E-state index contributed by atoms with van der Waals surface area (Å²) >= 11 is 0. The number of hydrogen-bond donors (Lipinski definition) is 3. The Hall–Kier alpha value is -3.75. The molecule has 0 saturated carbocycles. The van der Waals surface area contributed by atoms with Crippen LogP contribution in [-0.2, 0) is 32.1 Å². The van der Waals surface area contributed by atoms with E-state index in [0.717, 1.165) is 5.56 Å². The predicted molar refractivity (Wildman–Crippen MR) is 138 cm³/mol.